The molecule has 2 saturated heterocycles. The van der Waals surface area contributed by atoms with Gasteiger partial charge in [-0.3, -0.25) is 9.78 Å². The quantitative estimate of drug-likeness (QED) is 0.875. The fraction of sp³-hybridized carbons (Fsp3) is 0.500. The van der Waals surface area contributed by atoms with Crippen molar-refractivity contribution in [2.75, 3.05) is 25.1 Å². The Morgan fingerprint density at radius 2 is 2.00 bits per heavy atom. The number of anilines is 2. The molecule has 27 heavy (non-hydrogen) atoms. The molecule has 1 atom stereocenters. The van der Waals surface area contributed by atoms with E-state index in [0.29, 0.717) is 18.2 Å². The van der Waals surface area contributed by atoms with E-state index in [-0.39, 0.29) is 11.9 Å². The molecule has 0 spiro atoms. The second-order valence-corrected chi connectivity index (χ2v) is 7.20. The van der Waals surface area contributed by atoms with Crippen LogP contribution in [0.15, 0.2) is 36.9 Å². The monoisotopic (exact) mass is 367 g/mol. The molecule has 1 N–H and O–H groups in total. The third-order valence-electron chi connectivity index (χ3n) is 5.37. The summed E-state index contributed by atoms with van der Waals surface area (Å²) in [6.07, 6.45) is 11.4. The van der Waals surface area contributed by atoms with E-state index in [0.717, 1.165) is 56.8 Å². The summed E-state index contributed by atoms with van der Waals surface area (Å²) >= 11 is 0. The maximum atomic E-state index is 12.9. The van der Waals surface area contributed by atoms with Crippen LogP contribution in [0.2, 0.25) is 0 Å². The predicted octanol–water partition coefficient (Wildman–Crippen LogP) is 3.10. The zero-order chi connectivity index (χ0) is 18.5. The van der Waals surface area contributed by atoms with Gasteiger partial charge in [0, 0.05) is 44.8 Å². The van der Waals surface area contributed by atoms with Crippen molar-refractivity contribution in [2.45, 2.75) is 38.1 Å². The molecule has 0 aliphatic carbocycles. The van der Waals surface area contributed by atoms with Crippen LogP contribution in [0.5, 0.6) is 0 Å². The second-order valence-electron chi connectivity index (χ2n) is 7.20. The number of nitrogens with zero attached hydrogens (tertiary/aromatic N) is 4. The summed E-state index contributed by atoms with van der Waals surface area (Å²) in [5, 5.41) is 3.18. The number of hydrogen-bond acceptors (Lipinski definition) is 6. The van der Waals surface area contributed by atoms with Gasteiger partial charge in [0.2, 0.25) is 5.91 Å². The Morgan fingerprint density at radius 3 is 2.81 bits per heavy atom. The normalized spacial score (nSPS) is 20.6. The lowest BCUT2D eigenvalue weighted by Gasteiger charge is -2.28. The molecular formula is C20H25N5O2. The minimum Gasteiger partial charge on any atom is -0.381 e. The number of rotatable bonds is 5. The number of likely N-dealkylation sites (tertiary alicyclic amines) is 1. The van der Waals surface area contributed by atoms with Crippen LogP contribution in [-0.2, 0) is 9.53 Å². The number of hydrogen-bond donors (Lipinski definition) is 1. The maximum Gasteiger partial charge on any atom is 0.223 e. The average molecular weight is 367 g/mol. The van der Waals surface area contributed by atoms with Crippen LogP contribution in [0.25, 0.3) is 0 Å². The molecule has 2 aliphatic heterocycles. The lowest BCUT2D eigenvalue weighted by Crippen LogP contribution is -2.33. The highest BCUT2D eigenvalue weighted by atomic mass is 16.5. The van der Waals surface area contributed by atoms with Crippen molar-refractivity contribution < 1.29 is 9.53 Å². The van der Waals surface area contributed by atoms with E-state index >= 15 is 0 Å². The van der Waals surface area contributed by atoms with Crippen molar-refractivity contribution in [3.05, 3.63) is 42.5 Å². The molecular weight excluding hydrogens is 342 g/mol. The van der Waals surface area contributed by atoms with Crippen LogP contribution in [0.1, 0.15) is 43.7 Å². The smallest absolute Gasteiger partial charge is 0.223 e. The van der Waals surface area contributed by atoms with Crippen LogP contribution in [0, 0.1) is 5.92 Å². The molecule has 0 radical (unpaired) electrons. The van der Waals surface area contributed by atoms with E-state index < -0.39 is 0 Å². The summed E-state index contributed by atoms with van der Waals surface area (Å²) in [6, 6.07) is 4.15. The zero-order valence-corrected chi connectivity index (χ0v) is 15.4. The highest BCUT2D eigenvalue weighted by Gasteiger charge is 2.31. The summed E-state index contributed by atoms with van der Waals surface area (Å²) in [5.41, 5.74) is 1.12. The Bertz CT molecular complexity index is 764. The zero-order valence-electron chi connectivity index (χ0n) is 15.4. The van der Waals surface area contributed by atoms with E-state index in [9.17, 15) is 4.79 Å². The molecule has 0 aromatic carbocycles. The largest absolute Gasteiger partial charge is 0.381 e. The van der Waals surface area contributed by atoms with Crippen LogP contribution >= 0.6 is 0 Å². The molecule has 1 amide bonds. The summed E-state index contributed by atoms with van der Waals surface area (Å²) < 4.78 is 5.41. The molecule has 7 heteroatoms. The molecule has 2 fully saturated rings. The minimum atomic E-state index is 0.128. The third kappa shape index (κ3) is 4.42. The van der Waals surface area contributed by atoms with Crippen molar-refractivity contribution in [3.8, 4) is 0 Å². The van der Waals surface area contributed by atoms with E-state index in [1.807, 2.05) is 12.1 Å². The number of pyridine rings is 1. The number of carbonyl (C=O) groups excluding carboxylic acids is 1. The van der Waals surface area contributed by atoms with Gasteiger partial charge in [-0.15, -0.1) is 0 Å². The number of amides is 1. The maximum absolute atomic E-state index is 12.9. The molecule has 2 aromatic heterocycles. The van der Waals surface area contributed by atoms with Gasteiger partial charge in [-0.05, 0) is 49.3 Å². The number of nitrogens with one attached hydrogen (secondary N) is 1. The van der Waals surface area contributed by atoms with Crippen molar-refractivity contribution in [2.24, 2.45) is 5.92 Å². The highest BCUT2D eigenvalue weighted by molar-refractivity contribution is 5.77. The molecule has 0 saturated carbocycles. The Balaban J connectivity index is 1.45. The number of ether oxygens (including phenoxy) is 1. The molecule has 1 unspecified atom stereocenters. The average Bonchev–Trinajstić information content (AvgIpc) is 3.20. The molecule has 142 valence electrons. The summed E-state index contributed by atoms with van der Waals surface area (Å²) in [6.45, 7) is 2.40. The standard InChI is InChI=1S/C20H25N5O2/c26-20(12-15-4-10-27-11-5-15)25-9-1-2-17(25)16-3-6-22-18(13-16)24-19-14-21-7-8-23-19/h3,6-8,13-15,17H,1-2,4-5,9-12H2,(H,22,23,24). The van der Waals surface area contributed by atoms with Crippen LogP contribution in [0.3, 0.4) is 0 Å². The van der Waals surface area contributed by atoms with Gasteiger partial charge in [-0.2, -0.15) is 0 Å². The van der Waals surface area contributed by atoms with Gasteiger partial charge in [0.1, 0.15) is 11.6 Å². The van der Waals surface area contributed by atoms with E-state index in [1.165, 1.54) is 0 Å². The predicted molar refractivity (Wildman–Crippen MR) is 101 cm³/mol. The second kappa shape index (κ2) is 8.43. The van der Waals surface area contributed by atoms with Crippen molar-refractivity contribution in [3.63, 3.8) is 0 Å². The van der Waals surface area contributed by atoms with Gasteiger partial charge in [-0.1, -0.05) is 0 Å². The first-order valence-corrected chi connectivity index (χ1v) is 9.66. The number of carbonyl (C=O) groups is 1. The van der Waals surface area contributed by atoms with E-state index in [1.54, 1.807) is 24.8 Å². The number of aromatic nitrogens is 3. The Morgan fingerprint density at radius 1 is 1.15 bits per heavy atom. The van der Waals surface area contributed by atoms with Crippen LogP contribution < -0.4 is 5.32 Å². The molecule has 0 bridgehead atoms. The van der Waals surface area contributed by atoms with Crippen molar-refractivity contribution >= 4 is 17.5 Å². The highest BCUT2D eigenvalue weighted by Crippen LogP contribution is 2.34. The minimum absolute atomic E-state index is 0.128. The first kappa shape index (κ1) is 17.9. The van der Waals surface area contributed by atoms with Gasteiger partial charge in [-0.25, -0.2) is 9.97 Å². The topological polar surface area (TPSA) is 80.2 Å². The first-order chi connectivity index (χ1) is 13.3. The Kier molecular flexibility index (Phi) is 5.58. The summed E-state index contributed by atoms with van der Waals surface area (Å²) in [7, 11) is 0. The first-order valence-electron chi connectivity index (χ1n) is 9.66. The third-order valence-corrected chi connectivity index (χ3v) is 5.37. The van der Waals surface area contributed by atoms with E-state index in [4.69, 9.17) is 4.74 Å². The Hall–Kier alpha value is -2.54. The van der Waals surface area contributed by atoms with Gasteiger partial charge < -0.3 is 15.0 Å². The summed E-state index contributed by atoms with van der Waals surface area (Å²) in [5.74, 6) is 2.10. The van der Waals surface area contributed by atoms with E-state index in [2.05, 4.69) is 25.2 Å². The lowest BCUT2D eigenvalue weighted by molar-refractivity contribution is -0.133. The Labute approximate surface area is 159 Å². The molecule has 7 nitrogen and oxygen atoms in total. The SMILES string of the molecule is O=C(CC1CCOCC1)N1CCCC1c1ccnc(Nc2cnccn2)c1. The molecule has 4 heterocycles. The van der Waals surface area contributed by atoms with Gasteiger partial charge >= 0.3 is 0 Å². The van der Waals surface area contributed by atoms with Gasteiger partial charge in [0.15, 0.2) is 0 Å². The van der Waals surface area contributed by atoms with Crippen LogP contribution in [-0.4, -0.2) is 45.5 Å². The van der Waals surface area contributed by atoms with Crippen molar-refractivity contribution in [1.82, 2.24) is 19.9 Å². The summed E-state index contributed by atoms with van der Waals surface area (Å²) in [4.78, 5) is 27.6. The van der Waals surface area contributed by atoms with Gasteiger partial charge in [0.25, 0.3) is 0 Å². The lowest BCUT2D eigenvalue weighted by atomic mass is 9.95. The van der Waals surface area contributed by atoms with Gasteiger partial charge in [0.05, 0.1) is 12.2 Å². The van der Waals surface area contributed by atoms with Crippen LogP contribution in [0.4, 0.5) is 11.6 Å². The fourth-order valence-corrected chi connectivity index (χ4v) is 3.94. The molecule has 2 aliphatic rings. The van der Waals surface area contributed by atoms with Crippen molar-refractivity contribution in [1.29, 1.82) is 0 Å². The fourth-order valence-electron chi connectivity index (χ4n) is 3.94. The molecule has 2 aromatic rings. The molecule has 4 rings (SSSR count).